The Morgan fingerprint density at radius 2 is 1.96 bits per heavy atom. The largest absolute Gasteiger partial charge is 0.494 e. The summed E-state index contributed by atoms with van der Waals surface area (Å²) < 4.78 is 11.1. The number of thiazole rings is 1. The molecule has 2 amide bonds. The van der Waals surface area contributed by atoms with Crippen molar-refractivity contribution < 1.29 is 18.7 Å². The molecule has 7 nitrogen and oxygen atoms in total. The zero-order valence-electron chi connectivity index (χ0n) is 15.7. The lowest BCUT2D eigenvalue weighted by atomic mass is 10.1. The summed E-state index contributed by atoms with van der Waals surface area (Å²) in [7, 11) is 0. The van der Waals surface area contributed by atoms with Gasteiger partial charge in [0.1, 0.15) is 17.2 Å². The first-order valence-corrected chi connectivity index (χ1v) is 9.72. The Balaban J connectivity index is 1.56. The number of benzene rings is 1. The lowest BCUT2D eigenvalue weighted by Gasteiger charge is -2.05. The highest BCUT2D eigenvalue weighted by atomic mass is 32.1. The molecule has 28 heavy (non-hydrogen) atoms. The highest BCUT2D eigenvalue weighted by molar-refractivity contribution is 7.14. The number of ether oxygens (including phenoxy) is 1. The monoisotopic (exact) mass is 399 g/mol. The summed E-state index contributed by atoms with van der Waals surface area (Å²) in [4.78, 5) is 27.6. The van der Waals surface area contributed by atoms with Gasteiger partial charge in [0.15, 0.2) is 10.9 Å². The fourth-order valence-electron chi connectivity index (χ4n) is 2.49. The Morgan fingerprint density at radius 3 is 2.68 bits per heavy atom. The van der Waals surface area contributed by atoms with E-state index in [1.165, 1.54) is 18.3 Å². The van der Waals surface area contributed by atoms with Gasteiger partial charge < -0.3 is 19.8 Å². The molecule has 2 N–H and O–H groups in total. The molecule has 0 aliphatic heterocycles. The number of nitrogens with one attached hydrogen (secondary N) is 2. The van der Waals surface area contributed by atoms with Crippen LogP contribution in [0.2, 0.25) is 0 Å². The average Bonchev–Trinajstić information content (AvgIpc) is 3.31. The van der Waals surface area contributed by atoms with Crippen LogP contribution < -0.4 is 15.4 Å². The number of carbonyl (C=O) groups excluding carboxylic acids is 2. The number of amides is 2. The lowest BCUT2D eigenvalue weighted by Crippen LogP contribution is -2.18. The molecule has 0 spiro atoms. The molecule has 0 saturated carbocycles. The molecule has 8 heteroatoms. The fraction of sp³-hybridized carbons (Fsp3) is 0.250. The minimum Gasteiger partial charge on any atom is -0.494 e. The van der Waals surface area contributed by atoms with E-state index in [0.29, 0.717) is 35.5 Å². The first-order valence-electron chi connectivity index (χ1n) is 8.84. The van der Waals surface area contributed by atoms with Crippen molar-refractivity contribution in [2.24, 2.45) is 0 Å². The summed E-state index contributed by atoms with van der Waals surface area (Å²) in [5.74, 6) is 1.75. The number of hydrogen-bond acceptors (Lipinski definition) is 6. The van der Waals surface area contributed by atoms with Crippen LogP contribution in [0.25, 0.3) is 11.5 Å². The van der Waals surface area contributed by atoms with Gasteiger partial charge in [-0.15, -0.1) is 11.3 Å². The van der Waals surface area contributed by atoms with Gasteiger partial charge in [0.25, 0.3) is 0 Å². The number of carbonyl (C=O) groups is 2. The van der Waals surface area contributed by atoms with E-state index in [1.807, 2.05) is 36.6 Å². The second-order valence-corrected chi connectivity index (χ2v) is 6.87. The van der Waals surface area contributed by atoms with Crippen LogP contribution in [0.15, 0.2) is 46.2 Å². The third kappa shape index (κ3) is 5.43. The number of anilines is 1. The number of hydrogen-bond donors (Lipinski definition) is 2. The summed E-state index contributed by atoms with van der Waals surface area (Å²) in [6.45, 7) is 4.31. The molecule has 1 aromatic carbocycles. The van der Waals surface area contributed by atoms with Crippen molar-refractivity contribution in [1.29, 1.82) is 0 Å². The van der Waals surface area contributed by atoms with Crippen molar-refractivity contribution >= 4 is 28.3 Å². The van der Waals surface area contributed by atoms with Gasteiger partial charge in [0.05, 0.1) is 19.6 Å². The summed E-state index contributed by atoms with van der Waals surface area (Å²) in [6, 6.07) is 11.0. The van der Waals surface area contributed by atoms with Crippen molar-refractivity contribution in [1.82, 2.24) is 10.3 Å². The molecule has 0 aliphatic carbocycles. The van der Waals surface area contributed by atoms with E-state index >= 15 is 0 Å². The maximum atomic E-state index is 12.3. The van der Waals surface area contributed by atoms with Gasteiger partial charge >= 0.3 is 0 Å². The van der Waals surface area contributed by atoms with Gasteiger partial charge in [-0.05, 0) is 36.8 Å². The third-order valence-electron chi connectivity index (χ3n) is 3.78. The molecule has 0 bridgehead atoms. The normalized spacial score (nSPS) is 10.5. The second kappa shape index (κ2) is 9.18. The van der Waals surface area contributed by atoms with E-state index in [4.69, 9.17) is 9.15 Å². The zero-order chi connectivity index (χ0) is 19.9. The molecule has 0 saturated heterocycles. The van der Waals surface area contributed by atoms with Crippen LogP contribution in [0.3, 0.4) is 0 Å². The maximum Gasteiger partial charge on any atom is 0.230 e. The Labute approximate surface area is 166 Å². The predicted octanol–water partition coefficient (Wildman–Crippen LogP) is 3.62. The smallest absolute Gasteiger partial charge is 0.230 e. The average molecular weight is 399 g/mol. The molecular formula is C20H21N3O4S. The summed E-state index contributed by atoms with van der Waals surface area (Å²) in [5, 5.41) is 7.80. The van der Waals surface area contributed by atoms with E-state index in [9.17, 15) is 9.59 Å². The van der Waals surface area contributed by atoms with Crippen molar-refractivity contribution in [3.8, 4) is 17.2 Å². The maximum absolute atomic E-state index is 12.3. The molecule has 2 heterocycles. The summed E-state index contributed by atoms with van der Waals surface area (Å²) >= 11 is 1.33. The Morgan fingerprint density at radius 1 is 1.18 bits per heavy atom. The topological polar surface area (TPSA) is 93.5 Å². The summed E-state index contributed by atoms with van der Waals surface area (Å²) in [6.07, 6.45) is 0.253. The third-order valence-corrected chi connectivity index (χ3v) is 4.53. The van der Waals surface area contributed by atoms with Gasteiger partial charge in [-0.3, -0.25) is 9.59 Å². The van der Waals surface area contributed by atoms with Crippen LogP contribution in [0, 0.1) is 0 Å². The van der Waals surface area contributed by atoms with E-state index in [-0.39, 0.29) is 18.2 Å². The van der Waals surface area contributed by atoms with Crippen molar-refractivity contribution in [2.45, 2.75) is 26.8 Å². The molecule has 0 fully saturated rings. The minimum absolute atomic E-state index is 0.121. The number of nitrogens with zero attached hydrogens (tertiary/aromatic N) is 1. The molecule has 146 valence electrons. The summed E-state index contributed by atoms with van der Waals surface area (Å²) in [5.41, 5.74) is 1.53. The van der Waals surface area contributed by atoms with Crippen molar-refractivity contribution in [3.05, 3.63) is 53.1 Å². The standard InChI is InChI=1S/C20H21N3O4S/c1-3-26-15-6-4-14(5-7-15)10-19(25)23-20-22-17(12-28-20)18-9-8-16(27-18)11-21-13(2)24/h4-9,12H,3,10-11H2,1-2H3,(H,21,24)(H,22,23,25). The first-order chi connectivity index (χ1) is 13.5. The highest BCUT2D eigenvalue weighted by Gasteiger charge is 2.12. The molecule has 2 aromatic heterocycles. The van der Waals surface area contributed by atoms with Gasteiger partial charge in [-0.2, -0.15) is 0 Å². The zero-order valence-corrected chi connectivity index (χ0v) is 16.5. The quantitative estimate of drug-likeness (QED) is 0.603. The van der Waals surface area contributed by atoms with E-state index in [0.717, 1.165) is 11.3 Å². The molecule has 0 aliphatic rings. The number of aromatic nitrogens is 1. The van der Waals surface area contributed by atoms with E-state index < -0.39 is 0 Å². The van der Waals surface area contributed by atoms with Crippen LogP contribution in [0.5, 0.6) is 5.75 Å². The van der Waals surface area contributed by atoms with Crippen LogP contribution in [0.4, 0.5) is 5.13 Å². The number of rotatable bonds is 8. The number of furan rings is 1. The van der Waals surface area contributed by atoms with Crippen molar-refractivity contribution in [3.63, 3.8) is 0 Å². The second-order valence-electron chi connectivity index (χ2n) is 6.02. The predicted molar refractivity (Wildman–Crippen MR) is 107 cm³/mol. The molecular weight excluding hydrogens is 378 g/mol. The molecule has 0 atom stereocenters. The van der Waals surface area contributed by atoms with Crippen LogP contribution in [-0.4, -0.2) is 23.4 Å². The fourth-order valence-corrected chi connectivity index (χ4v) is 3.20. The van der Waals surface area contributed by atoms with Crippen LogP contribution in [0.1, 0.15) is 25.2 Å². The minimum atomic E-state index is -0.143. The highest BCUT2D eigenvalue weighted by Crippen LogP contribution is 2.26. The Hall–Kier alpha value is -3.13. The molecule has 0 unspecified atom stereocenters. The molecule has 3 rings (SSSR count). The lowest BCUT2D eigenvalue weighted by molar-refractivity contribution is -0.119. The van der Waals surface area contributed by atoms with Crippen LogP contribution >= 0.6 is 11.3 Å². The van der Waals surface area contributed by atoms with Gasteiger partial charge in [0.2, 0.25) is 11.8 Å². The van der Waals surface area contributed by atoms with E-state index in [2.05, 4.69) is 15.6 Å². The van der Waals surface area contributed by atoms with Gasteiger partial charge in [-0.25, -0.2) is 4.98 Å². The van der Waals surface area contributed by atoms with Gasteiger partial charge in [-0.1, -0.05) is 12.1 Å². The Bertz CT molecular complexity index is 947. The van der Waals surface area contributed by atoms with Crippen LogP contribution in [-0.2, 0) is 22.6 Å². The molecule has 0 radical (unpaired) electrons. The van der Waals surface area contributed by atoms with Crippen molar-refractivity contribution in [2.75, 3.05) is 11.9 Å². The first kappa shape index (κ1) is 19.6. The Kier molecular flexibility index (Phi) is 6.44. The molecule has 3 aromatic rings. The SMILES string of the molecule is CCOc1ccc(CC(=O)Nc2nc(-c3ccc(CNC(C)=O)o3)cs2)cc1. The van der Waals surface area contributed by atoms with Gasteiger partial charge in [0, 0.05) is 12.3 Å². The van der Waals surface area contributed by atoms with E-state index in [1.54, 1.807) is 12.1 Å².